The van der Waals surface area contributed by atoms with Gasteiger partial charge in [-0.2, -0.15) is 0 Å². The van der Waals surface area contributed by atoms with Gasteiger partial charge in [0.25, 0.3) is 0 Å². The summed E-state index contributed by atoms with van der Waals surface area (Å²) in [6, 6.07) is 68.0. The van der Waals surface area contributed by atoms with Crippen LogP contribution >= 0.6 is 0 Å². The number of benzene rings is 6. The maximum atomic E-state index is 5.33. The SMILES string of the molecule is c1ccc(-c2ccccc2-c2nc3ccccc3c3c(-c4cccc(-c5ccc(-c6cc(-c7ccccn7)nc(-c7ccccn7)c6)cc5)c4)cccc23)cc1. The van der Waals surface area contributed by atoms with Gasteiger partial charge in [0.1, 0.15) is 0 Å². The van der Waals surface area contributed by atoms with Crippen LogP contribution in [0.15, 0.2) is 207 Å². The van der Waals surface area contributed by atoms with Gasteiger partial charge in [-0.1, -0.05) is 146 Å². The highest BCUT2D eigenvalue weighted by atomic mass is 14.8. The van der Waals surface area contributed by atoms with Crippen molar-refractivity contribution in [3.8, 4) is 78.5 Å². The lowest BCUT2D eigenvalue weighted by Crippen LogP contribution is -1.94. The monoisotopic (exact) mass is 714 g/mol. The average Bonchev–Trinajstić information content (AvgIpc) is 3.29. The van der Waals surface area contributed by atoms with Crippen LogP contribution in [0.25, 0.3) is 100 Å². The Labute approximate surface area is 325 Å². The molecule has 0 aliphatic heterocycles. The molecule has 0 radical (unpaired) electrons. The molecule has 0 spiro atoms. The molecule has 6 aromatic carbocycles. The number of para-hydroxylation sites is 1. The highest BCUT2D eigenvalue weighted by Crippen LogP contribution is 2.42. The minimum absolute atomic E-state index is 0.810. The molecular formula is C52H34N4. The van der Waals surface area contributed by atoms with Crippen molar-refractivity contribution in [2.24, 2.45) is 0 Å². The van der Waals surface area contributed by atoms with Gasteiger partial charge in [0.15, 0.2) is 0 Å². The van der Waals surface area contributed by atoms with E-state index in [1.165, 1.54) is 22.1 Å². The second-order valence-electron chi connectivity index (χ2n) is 13.8. The van der Waals surface area contributed by atoms with Gasteiger partial charge in [0, 0.05) is 34.1 Å². The standard InChI is InChI=1S/C52H34N4/c1-2-14-37(15-3-1)41-18-4-5-19-43(41)52-45-22-13-21-42(51(45)44-20-6-7-23-46(44)56-52)39-17-12-16-38(32-39)35-26-28-36(29-27-35)40-33-49(47-24-8-10-30-53-47)55-50(34-40)48-25-9-11-31-54-48/h1-34H. The van der Waals surface area contributed by atoms with Gasteiger partial charge >= 0.3 is 0 Å². The van der Waals surface area contributed by atoms with E-state index < -0.39 is 0 Å². The van der Waals surface area contributed by atoms with Crippen LogP contribution < -0.4 is 0 Å². The second kappa shape index (κ2) is 14.3. The summed E-state index contributed by atoms with van der Waals surface area (Å²) in [4.78, 5) is 19.5. The maximum absolute atomic E-state index is 5.33. The summed E-state index contributed by atoms with van der Waals surface area (Å²) in [6.45, 7) is 0. The van der Waals surface area contributed by atoms with Crippen molar-refractivity contribution in [2.45, 2.75) is 0 Å². The Morgan fingerprint density at radius 3 is 1.55 bits per heavy atom. The molecule has 0 amide bonds. The summed E-state index contributed by atoms with van der Waals surface area (Å²) in [6.07, 6.45) is 3.60. The Hall–Kier alpha value is -7.56. The maximum Gasteiger partial charge on any atom is 0.0900 e. The lowest BCUT2D eigenvalue weighted by Gasteiger charge is -2.17. The summed E-state index contributed by atoms with van der Waals surface area (Å²) in [5.74, 6) is 0. The second-order valence-corrected chi connectivity index (χ2v) is 13.8. The smallest absolute Gasteiger partial charge is 0.0900 e. The molecule has 0 bridgehead atoms. The highest BCUT2D eigenvalue weighted by molar-refractivity contribution is 6.17. The number of hydrogen-bond donors (Lipinski definition) is 0. The topological polar surface area (TPSA) is 51.6 Å². The predicted octanol–water partition coefficient (Wildman–Crippen LogP) is 13.2. The van der Waals surface area contributed by atoms with Crippen LogP contribution in [-0.2, 0) is 0 Å². The van der Waals surface area contributed by atoms with Gasteiger partial charge in [-0.05, 0) is 93.0 Å². The molecule has 0 unspecified atom stereocenters. The zero-order chi connectivity index (χ0) is 37.3. The Morgan fingerprint density at radius 2 is 0.839 bits per heavy atom. The summed E-state index contributed by atoms with van der Waals surface area (Å²) in [5.41, 5.74) is 15.5. The fraction of sp³-hybridized carbons (Fsp3) is 0. The summed E-state index contributed by atoms with van der Waals surface area (Å²) < 4.78 is 0. The molecule has 0 N–H and O–H groups in total. The van der Waals surface area contributed by atoms with Crippen LogP contribution in [0.3, 0.4) is 0 Å². The minimum Gasteiger partial charge on any atom is -0.255 e. The lowest BCUT2D eigenvalue weighted by molar-refractivity contribution is 1.22. The highest BCUT2D eigenvalue weighted by Gasteiger charge is 2.18. The number of nitrogens with zero attached hydrogens (tertiary/aromatic N) is 4. The molecule has 56 heavy (non-hydrogen) atoms. The molecule has 4 nitrogen and oxygen atoms in total. The molecule has 10 rings (SSSR count). The quantitative estimate of drug-likeness (QED) is 0.154. The van der Waals surface area contributed by atoms with Crippen LogP contribution in [0.4, 0.5) is 0 Å². The zero-order valence-electron chi connectivity index (χ0n) is 30.4. The van der Waals surface area contributed by atoms with Crippen LogP contribution in [0.1, 0.15) is 0 Å². The van der Waals surface area contributed by atoms with E-state index in [1.54, 1.807) is 12.4 Å². The van der Waals surface area contributed by atoms with Gasteiger partial charge in [-0.15, -0.1) is 0 Å². The van der Waals surface area contributed by atoms with E-state index in [9.17, 15) is 0 Å². The molecule has 0 aliphatic carbocycles. The molecular weight excluding hydrogens is 681 g/mol. The summed E-state index contributed by atoms with van der Waals surface area (Å²) in [5, 5.41) is 3.47. The first-order valence-corrected chi connectivity index (χ1v) is 18.8. The number of hydrogen-bond acceptors (Lipinski definition) is 4. The minimum atomic E-state index is 0.810. The van der Waals surface area contributed by atoms with Crippen molar-refractivity contribution < 1.29 is 0 Å². The van der Waals surface area contributed by atoms with E-state index in [-0.39, 0.29) is 0 Å². The van der Waals surface area contributed by atoms with E-state index in [0.717, 1.165) is 78.1 Å². The summed E-state index contributed by atoms with van der Waals surface area (Å²) in [7, 11) is 0. The van der Waals surface area contributed by atoms with Crippen LogP contribution in [0.2, 0.25) is 0 Å². The Balaban J connectivity index is 1.06. The fourth-order valence-electron chi connectivity index (χ4n) is 7.72. The van der Waals surface area contributed by atoms with E-state index in [1.807, 2.05) is 36.4 Å². The third-order valence-corrected chi connectivity index (χ3v) is 10.4. The molecule has 4 heterocycles. The first-order valence-electron chi connectivity index (χ1n) is 18.8. The Bertz CT molecular complexity index is 2940. The molecule has 0 saturated carbocycles. The normalized spacial score (nSPS) is 11.2. The van der Waals surface area contributed by atoms with Crippen molar-refractivity contribution in [3.63, 3.8) is 0 Å². The van der Waals surface area contributed by atoms with Crippen molar-refractivity contribution >= 4 is 21.7 Å². The van der Waals surface area contributed by atoms with E-state index in [2.05, 4.69) is 168 Å². The zero-order valence-corrected chi connectivity index (χ0v) is 30.4. The molecule has 0 aliphatic rings. The molecule has 0 saturated heterocycles. The first kappa shape index (κ1) is 33.0. The van der Waals surface area contributed by atoms with Gasteiger partial charge in [-0.25, -0.2) is 9.97 Å². The van der Waals surface area contributed by atoms with E-state index in [0.29, 0.717) is 0 Å². The van der Waals surface area contributed by atoms with Crippen molar-refractivity contribution in [1.82, 2.24) is 19.9 Å². The van der Waals surface area contributed by atoms with E-state index in [4.69, 9.17) is 9.97 Å². The molecule has 4 aromatic heterocycles. The largest absolute Gasteiger partial charge is 0.255 e. The Kier molecular flexibility index (Phi) is 8.47. The molecule has 0 fully saturated rings. The fourth-order valence-corrected chi connectivity index (χ4v) is 7.72. The van der Waals surface area contributed by atoms with Crippen LogP contribution in [0, 0.1) is 0 Å². The van der Waals surface area contributed by atoms with Crippen molar-refractivity contribution in [2.75, 3.05) is 0 Å². The molecule has 10 aromatic rings. The lowest BCUT2D eigenvalue weighted by atomic mass is 9.89. The third-order valence-electron chi connectivity index (χ3n) is 10.4. The van der Waals surface area contributed by atoms with Crippen molar-refractivity contribution in [1.29, 1.82) is 0 Å². The summed E-state index contributed by atoms with van der Waals surface area (Å²) >= 11 is 0. The third kappa shape index (κ3) is 6.19. The van der Waals surface area contributed by atoms with Gasteiger partial charge in [0.05, 0.1) is 34.0 Å². The number of pyridine rings is 4. The first-order chi connectivity index (χ1) is 27.8. The molecule has 262 valence electrons. The Morgan fingerprint density at radius 1 is 0.286 bits per heavy atom. The van der Waals surface area contributed by atoms with Crippen LogP contribution in [0.5, 0.6) is 0 Å². The van der Waals surface area contributed by atoms with Gasteiger partial charge in [0.2, 0.25) is 0 Å². The molecule has 0 atom stereocenters. The average molecular weight is 715 g/mol. The molecule has 4 heteroatoms. The number of aromatic nitrogens is 4. The van der Waals surface area contributed by atoms with Crippen LogP contribution in [-0.4, -0.2) is 19.9 Å². The van der Waals surface area contributed by atoms with E-state index >= 15 is 0 Å². The number of rotatable bonds is 7. The van der Waals surface area contributed by atoms with Gasteiger partial charge in [-0.3, -0.25) is 9.97 Å². The predicted molar refractivity (Wildman–Crippen MR) is 231 cm³/mol. The van der Waals surface area contributed by atoms with Crippen molar-refractivity contribution in [3.05, 3.63) is 207 Å². The van der Waals surface area contributed by atoms with Gasteiger partial charge < -0.3 is 0 Å². The number of fused-ring (bicyclic) bond motifs is 3.